The molecule has 1 aliphatic carbocycles. The highest BCUT2D eigenvalue weighted by Crippen LogP contribution is 2.35. The van der Waals surface area contributed by atoms with Gasteiger partial charge >= 0.3 is 5.97 Å². The normalized spacial score (nSPS) is 25.5. The Morgan fingerprint density at radius 3 is 2.52 bits per heavy atom. The number of benzene rings is 1. The van der Waals surface area contributed by atoms with Gasteiger partial charge < -0.3 is 23.7 Å². The van der Waals surface area contributed by atoms with Crippen molar-refractivity contribution in [3.8, 4) is 11.5 Å². The van der Waals surface area contributed by atoms with Crippen LogP contribution in [-0.4, -0.2) is 44.3 Å². The molecule has 27 heavy (non-hydrogen) atoms. The van der Waals surface area contributed by atoms with E-state index in [0.717, 1.165) is 0 Å². The first-order valence-corrected chi connectivity index (χ1v) is 8.97. The summed E-state index contributed by atoms with van der Waals surface area (Å²) in [6.07, 6.45) is 2.15. The molecule has 2 aliphatic rings. The summed E-state index contributed by atoms with van der Waals surface area (Å²) in [5.41, 5.74) is 0. The number of hydrogen-bond acceptors (Lipinski definition) is 7. The van der Waals surface area contributed by atoms with Crippen molar-refractivity contribution < 1.29 is 33.3 Å². The molecule has 1 aromatic rings. The quantitative estimate of drug-likeness (QED) is 0.706. The van der Waals surface area contributed by atoms with E-state index < -0.39 is 12.1 Å². The molecule has 0 N–H and O–H groups in total. The highest BCUT2D eigenvalue weighted by atomic mass is 16.6. The SMILES string of the molecule is COC(=O)C(C)OC1CCC2C(=O)C(Oc3ccc(OC)cc3)=COC2C1. The molecule has 3 rings (SSSR count). The minimum atomic E-state index is -0.639. The van der Waals surface area contributed by atoms with Crippen LogP contribution in [0.3, 0.4) is 0 Å². The highest BCUT2D eigenvalue weighted by Gasteiger charge is 2.42. The minimum Gasteiger partial charge on any atom is -0.497 e. The van der Waals surface area contributed by atoms with E-state index in [2.05, 4.69) is 4.74 Å². The zero-order valence-corrected chi connectivity index (χ0v) is 15.7. The van der Waals surface area contributed by atoms with Gasteiger partial charge in [-0.3, -0.25) is 4.79 Å². The average Bonchev–Trinajstić information content (AvgIpc) is 2.70. The van der Waals surface area contributed by atoms with Gasteiger partial charge in [0.15, 0.2) is 6.10 Å². The summed E-state index contributed by atoms with van der Waals surface area (Å²) >= 11 is 0. The fourth-order valence-electron chi connectivity index (χ4n) is 3.41. The van der Waals surface area contributed by atoms with E-state index in [-0.39, 0.29) is 29.7 Å². The largest absolute Gasteiger partial charge is 0.497 e. The summed E-state index contributed by atoms with van der Waals surface area (Å²) < 4.78 is 27.0. The predicted octanol–water partition coefficient (Wildman–Crippen LogP) is 2.63. The molecule has 7 nitrogen and oxygen atoms in total. The summed E-state index contributed by atoms with van der Waals surface area (Å²) in [4.78, 5) is 24.3. The van der Waals surface area contributed by atoms with Crippen molar-refractivity contribution in [2.75, 3.05) is 14.2 Å². The second-order valence-corrected chi connectivity index (χ2v) is 6.64. The van der Waals surface area contributed by atoms with Gasteiger partial charge in [0.2, 0.25) is 11.5 Å². The molecular formula is C20H24O7. The third-order valence-electron chi connectivity index (χ3n) is 4.89. The van der Waals surface area contributed by atoms with Crippen molar-refractivity contribution in [3.63, 3.8) is 0 Å². The monoisotopic (exact) mass is 376 g/mol. The van der Waals surface area contributed by atoms with Crippen LogP contribution in [0.1, 0.15) is 26.2 Å². The Morgan fingerprint density at radius 1 is 1.15 bits per heavy atom. The van der Waals surface area contributed by atoms with Gasteiger partial charge in [0, 0.05) is 6.42 Å². The smallest absolute Gasteiger partial charge is 0.334 e. The maximum absolute atomic E-state index is 12.8. The van der Waals surface area contributed by atoms with E-state index in [4.69, 9.17) is 18.9 Å². The predicted molar refractivity (Wildman–Crippen MR) is 95.3 cm³/mol. The number of ketones is 1. The van der Waals surface area contributed by atoms with Gasteiger partial charge in [-0.15, -0.1) is 0 Å². The molecule has 146 valence electrons. The molecule has 4 unspecified atom stereocenters. The number of rotatable bonds is 6. The van der Waals surface area contributed by atoms with E-state index in [0.29, 0.717) is 30.8 Å². The van der Waals surface area contributed by atoms with E-state index in [1.807, 2.05) is 0 Å². The maximum Gasteiger partial charge on any atom is 0.334 e. The van der Waals surface area contributed by atoms with Crippen molar-refractivity contribution in [1.82, 2.24) is 0 Å². The Morgan fingerprint density at radius 2 is 1.85 bits per heavy atom. The number of carbonyl (C=O) groups excluding carboxylic acids is 2. The first-order chi connectivity index (χ1) is 13.0. The molecule has 1 saturated carbocycles. The molecule has 0 spiro atoms. The van der Waals surface area contributed by atoms with Crippen LogP contribution in [0.2, 0.25) is 0 Å². The lowest BCUT2D eigenvalue weighted by Crippen LogP contribution is -2.43. The van der Waals surface area contributed by atoms with Crippen molar-refractivity contribution in [2.45, 2.75) is 44.5 Å². The average molecular weight is 376 g/mol. The molecular weight excluding hydrogens is 352 g/mol. The van der Waals surface area contributed by atoms with Gasteiger partial charge in [0.05, 0.1) is 26.2 Å². The summed E-state index contributed by atoms with van der Waals surface area (Å²) in [6, 6.07) is 6.99. The lowest BCUT2D eigenvalue weighted by atomic mass is 9.80. The number of Topliss-reactive ketones (excluding diaryl/α,β-unsaturated/α-hetero) is 1. The number of methoxy groups -OCH3 is 2. The molecule has 4 atom stereocenters. The lowest BCUT2D eigenvalue weighted by Gasteiger charge is -2.37. The Labute approximate surface area is 158 Å². The lowest BCUT2D eigenvalue weighted by molar-refractivity contribution is -0.161. The van der Waals surface area contributed by atoms with Crippen LogP contribution in [0.5, 0.6) is 11.5 Å². The molecule has 7 heteroatoms. The number of hydrogen-bond donors (Lipinski definition) is 0. The number of allylic oxidation sites excluding steroid dienone is 1. The van der Waals surface area contributed by atoms with Gasteiger partial charge in [0.25, 0.3) is 0 Å². The Hall–Kier alpha value is -2.54. The number of fused-ring (bicyclic) bond motifs is 1. The number of ether oxygens (including phenoxy) is 5. The molecule has 0 saturated heterocycles. The number of carbonyl (C=O) groups is 2. The van der Waals surface area contributed by atoms with Crippen molar-refractivity contribution >= 4 is 11.8 Å². The van der Waals surface area contributed by atoms with Crippen LogP contribution >= 0.6 is 0 Å². The Bertz CT molecular complexity index is 710. The van der Waals surface area contributed by atoms with Gasteiger partial charge in [-0.05, 0) is 44.0 Å². The summed E-state index contributed by atoms with van der Waals surface area (Å²) in [7, 11) is 2.92. The third kappa shape index (κ3) is 4.42. The van der Waals surface area contributed by atoms with Gasteiger partial charge in [-0.1, -0.05) is 0 Å². The van der Waals surface area contributed by atoms with Crippen molar-refractivity contribution in [1.29, 1.82) is 0 Å². The zero-order chi connectivity index (χ0) is 19.4. The Balaban J connectivity index is 1.60. The second-order valence-electron chi connectivity index (χ2n) is 6.64. The van der Waals surface area contributed by atoms with Crippen LogP contribution in [0.4, 0.5) is 0 Å². The van der Waals surface area contributed by atoms with Gasteiger partial charge in [0.1, 0.15) is 23.9 Å². The zero-order valence-electron chi connectivity index (χ0n) is 15.7. The highest BCUT2D eigenvalue weighted by molar-refractivity contribution is 5.96. The molecule has 1 aliphatic heterocycles. The van der Waals surface area contributed by atoms with Crippen LogP contribution < -0.4 is 9.47 Å². The Kier molecular flexibility index (Phi) is 6.01. The van der Waals surface area contributed by atoms with Crippen LogP contribution in [0.25, 0.3) is 0 Å². The molecule has 0 aromatic heterocycles. The summed E-state index contributed by atoms with van der Waals surface area (Å²) in [5.74, 6) is 0.707. The summed E-state index contributed by atoms with van der Waals surface area (Å²) in [6.45, 7) is 1.66. The molecule has 0 radical (unpaired) electrons. The molecule has 1 heterocycles. The van der Waals surface area contributed by atoms with E-state index in [1.165, 1.54) is 13.4 Å². The molecule has 0 amide bonds. The van der Waals surface area contributed by atoms with Crippen LogP contribution in [0, 0.1) is 5.92 Å². The van der Waals surface area contributed by atoms with Gasteiger partial charge in [-0.25, -0.2) is 4.79 Å². The van der Waals surface area contributed by atoms with E-state index in [1.54, 1.807) is 38.3 Å². The fourth-order valence-corrected chi connectivity index (χ4v) is 3.41. The number of esters is 1. The summed E-state index contributed by atoms with van der Waals surface area (Å²) in [5, 5.41) is 0. The standard InChI is InChI=1S/C20H24O7/c1-12(20(22)24-3)26-15-8-9-16-17(10-15)25-11-18(19(16)21)27-14-6-4-13(23-2)5-7-14/h4-7,11-12,15-17H,8-10H2,1-3H3. The minimum absolute atomic E-state index is 0.0680. The first kappa shape index (κ1) is 19.2. The second kappa shape index (κ2) is 8.43. The topological polar surface area (TPSA) is 80.3 Å². The third-order valence-corrected chi connectivity index (χ3v) is 4.89. The van der Waals surface area contributed by atoms with Gasteiger partial charge in [-0.2, -0.15) is 0 Å². The first-order valence-electron chi connectivity index (χ1n) is 8.97. The fraction of sp³-hybridized carbons (Fsp3) is 0.500. The van der Waals surface area contributed by atoms with E-state index in [9.17, 15) is 9.59 Å². The molecule has 1 fully saturated rings. The van der Waals surface area contributed by atoms with Crippen molar-refractivity contribution in [3.05, 3.63) is 36.3 Å². The van der Waals surface area contributed by atoms with E-state index >= 15 is 0 Å². The molecule has 1 aromatic carbocycles. The maximum atomic E-state index is 12.8. The van der Waals surface area contributed by atoms with Crippen LogP contribution in [-0.2, 0) is 23.8 Å². The van der Waals surface area contributed by atoms with Crippen molar-refractivity contribution in [2.24, 2.45) is 5.92 Å². The molecule has 0 bridgehead atoms. The van der Waals surface area contributed by atoms with Crippen LogP contribution in [0.15, 0.2) is 36.3 Å².